The molecule has 1 aliphatic carbocycles. The molecule has 1 N–H and O–H groups in total. The number of allylic oxidation sites excluding steroid dienone is 1. The number of benzene rings is 3. The van der Waals surface area contributed by atoms with E-state index in [1.165, 1.54) is 33.4 Å². The van der Waals surface area contributed by atoms with Crippen molar-refractivity contribution in [2.45, 2.75) is 32.1 Å². The lowest BCUT2D eigenvalue weighted by Gasteiger charge is -2.17. The van der Waals surface area contributed by atoms with Crippen LogP contribution in [0, 0.1) is 0 Å². The molecule has 3 aromatic rings. The maximum atomic E-state index is 9.48. The van der Waals surface area contributed by atoms with Crippen molar-refractivity contribution in [1.82, 2.24) is 0 Å². The average molecular weight is 340 g/mol. The average Bonchev–Trinajstić information content (AvgIpc) is 3.07. The highest BCUT2D eigenvalue weighted by atomic mass is 16.3. The van der Waals surface area contributed by atoms with Crippen molar-refractivity contribution in [3.8, 4) is 5.75 Å². The third-order valence-corrected chi connectivity index (χ3v) is 5.60. The number of rotatable bonds is 4. The van der Waals surface area contributed by atoms with E-state index in [-0.39, 0.29) is 0 Å². The van der Waals surface area contributed by atoms with Crippen LogP contribution >= 0.6 is 0 Å². The lowest BCUT2D eigenvalue weighted by atomic mass is 9.87. The molecule has 1 aliphatic rings. The number of hydrogen-bond acceptors (Lipinski definition) is 1. The number of fused-ring (bicyclic) bond motifs is 1. The van der Waals surface area contributed by atoms with Crippen molar-refractivity contribution in [3.63, 3.8) is 0 Å². The molecule has 0 aromatic heterocycles. The number of hydrogen-bond donors (Lipinski definition) is 1. The molecule has 0 spiro atoms. The van der Waals surface area contributed by atoms with E-state index < -0.39 is 0 Å². The third kappa shape index (κ3) is 2.94. The van der Waals surface area contributed by atoms with E-state index in [1.54, 1.807) is 12.1 Å². The van der Waals surface area contributed by atoms with Crippen LogP contribution in [0.1, 0.15) is 59.9 Å². The van der Waals surface area contributed by atoms with Crippen molar-refractivity contribution < 1.29 is 5.11 Å². The van der Waals surface area contributed by atoms with Crippen molar-refractivity contribution >= 4 is 11.6 Å². The first kappa shape index (κ1) is 16.7. The summed E-state index contributed by atoms with van der Waals surface area (Å²) in [5, 5.41) is 9.48. The Kier molecular flexibility index (Phi) is 4.38. The summed E-state index contributed by atoms with van der Waals surface area (Å²) in [4.78, 5) is 0. The first-order valence-corrected chi connectivity index (χ1v) is 9.37. The molecule has 130 valence electrons. The lowest BCUT2D eigenvalue weighted by Crippen LogP contribution is -1.99. The van der Waals surface area contributed by atoms with Crippen molar-refractivity contribution in [1.29, 1.82) is 0 Å². The molecular weight excluding hydrogens is 316 g/mol. The van der Waals surface area contributed by atoms with E-state index in [0.29, 0.717) is 17.6 Å². The highest BCUT2D eigenvalue weighted by molar-refractivity contribution is 5.91. The molecule has 0 saturated carbocycles. The summed E-state index contributed by atoms with van der Waals surface area (Å²) in [7, 11) is 0. The molecule has 2 unspecified atom stereocenters. The minimum atomic E-state index is 0.307. The standard InChI is InChI=1S/C25H24O/c1-3-23-24-7-5-4-6-21(24)16-25(23)20-10-8-18(9-11-20)17(2)19-12-14-22(26)15-13-19/h4-17,23,26H,3H2,1-2H3. The van der Waals surface area contributed by atoms with Gasteiger partial charge in [-0.15, -0.1) is 0 Å². The largest absolute Gasteiger partial charge is 0.508 e. The van der Waals surface area contributed by atoms with E-state index in [0.717, 1.165) is 6.42 Å². The van der Waals surface area contributed by atoms with Gasteiger partial charge in [0, 0.05) is 11.8 Å². The van der Waals surface area contributed by atoms with Gasteiger partial charge in [0.05, 0.1) is 0 Å². The Bertz CT molecular complexity index is 933. The maximum Gasteiger partial charge on any atom is 0.115 e. The van der Waals surface area contributed by atoms with E-state index >= 15 is 0 Å². The van der Waals surface area contributed by atoms with Crippen LogP contribution < -0.4 is 0 Å². The second-order valence-corrected chi connectivity index (χ2v) is 7.12. The van der Waals surface area contributed by atoms with Crippen LogP contribution in [0.2, 0.25) is 0 Å². The Morgan fingerprint density at radius 2 is 1.46 bits per heavy atom. The fourth-order valence-corrected chi connectivity index (χ4v) is 4.04. The van der Waals surface area contributed by atoms with Crippen LogP contribution in [0.25, 0.3) is 11.6 Å². The Balaban J connectivity index is 1.61. The van der Waals surface area contributed by atoms with Gasteiger partial charge in [-0.2, -0.15) is 0 Å². The molecule has 2 atom stereocenters. The zero-order valence-electron chi connectivity index (χ0n) is 15.3. The Morgan fingerprint density at radius 1 is 0.846 bits per heavy atom. The molecule has 0 radical (unpaired) electrons. The molecule has 0 amide bonds. The number of aromatic hydroxyl groups is 1. The van der Waals surface area contributed by atoms with Crippen LogP contribution in [0.15, 0.2) is 72.8 Å². The third-order valence-electron chi connectivity index (χ3n) is 5.60. The summed E-state index contributed by atoms with van der Waals surface area (Å²) >= 11 is 0. The number of phenolic OH excluding ortho intramolecular Hbond substituents is 1. The van der Waals surface area contributed by atoms with E-state index in [2.05, 4.69) is 68.5 Å². The van der Waals surface area contributed by atoms with E-state index in [9.17, 15) is 5.11 Å². The minimum Gasteiger partial charge on any atom is -0.508 e. The molecule has 1 heteroatoms. The van der Waals surface area contributed by atoms with Crippen molar-refractivity contribution in [2.24, 2.45) is 0 Å². The predicted octanol–water partition coefficient (Wildman–Crippen LogP) is 6.59. The van der Waals surface area contributed by atoms with Gasteiger partial charge in [0.25, 0.3) is 0 Å². The Hall–Kier alpha value is -2.80. The second-order valence-electron chi connectivity index (χ2n) is 7.12. The predicted molar refractivity (Wildman–Crippen MR) is 109 cm³/mol. The van der Waals surface area contributed by atoms with Gasteiger partial charge in [0.2, 0.25) is 0 Å². The molecular formula is C25H24O. The van der Waals surface area contributed by atoms with Gasteiger partial charge in [-0.3, -0.25) is 0 Å². The topological polar surface area (TPSA) is 20.2 Å². The van der Waals surface area contributed by atoms with Gasteiger partial charge in [-0.05, 0) is 51.9 Å². The van der Waals surface area contributed by atoms with Crippen LogP contribution in [-0.2, 0) is 0 Å². The SMILES string of the molecule is CCC1C(c2ccc(C(C)c3ccc(O)cc3)cc2)=Cc2ccccc21. The monoisotopic (exact) mass is 340 g/mol. The Morgan fingerprint density at radius 3 is 2.12 bits per heavy atom. The van der Waals surface area contributed by atoms with Crippen molar-refractivity contribution in [2.75, 3.05) is 0 Å². The number of phenols is 1. The zero-order valence-corrected chi connectivity index (χ0v) is 15.3. The van der Waals surface area contributed by atoms with Gasteiger partial charge in [0.1, 0.15) is 5.75 Å². The molecule has 0 heterocycles. The zero-order chi connectivity index (χ0) is 18.1. The fourth-order valence-electron chi connectivity index (χ4n) is 4.04. The summed E-state index contributed by atoms with van der Waals surface area (Å²) in [6.45, 7) is 4.47. The molecule has 4 rings (SSSR count). The van der Waals surface area contributed by atoms with Crippen LogP contribution in [0.4, 0.5) is 0 Å². The normalized spacial score (nSPS) is 16.8. The molecule has 0 saturated heterocycles. The van der Waals surface area contributed by atoms with Gasteiger partial charge < -0.3 is 5.11 Å². The molecule has 0 bridgehead atoms. The minimum absolute atomic E-state index is 0.307. The van der Waals surface area contributed by atoms with Crippen molar-refractivity contribution in [3.05, 3.63) is 101 Å². The van der Waals surface area contributed by atoms with Crippen LogP contribution in [0.5, 0.6) is 5.75 Å². The van der Waals surface area contributed by atoms with E-state index in [4.69, 9.17) is 0 Å². The van der Waals surface area contributed by atoms with Gasteiger partial charge in [-0.25, -0.2) is 0 Å². The highest BCUT2D eigenvalue weighted by Crippen LogP contribution is 2.43. The molecule has 26 heavy (non-hydrogen) atoms. The van der Waals surface area contributed by atoms with Gasteiger partial charge in [0.15, 0.2) is 0 Å². The maximum absolute atomic E-state index is 9.48. The lowest BCUT2D eigenvalue weighted by molar-refractivity contribution is 0.475. The molecule has 1 nitrogen and oxygen atoms in total. The molecule has 3 aromatic carbocycles. The smallest absolute Gasteiger partial charge is 0.115 e. The summed E-state index contributed by atoms with van der Waals surface area (Å²) in [5.41, 5.74) is 8.06. The van der Waals surface area contributed by atoms with Crippen LogP contribution in [0.3, 0.4) is 0 Å². The molecule has 0 aliphatic heterocycles. The first-order valence-electron chi connectivity index (χ1n) is 9.37. The van der Waals surface area contributed by atoms with Gasteiger partial charge in [-0.1, -0.05) is 80.6 Å². The van der Waals surface area contributed by atoms with E-state index in [1.807, 2.05) is 12.1 Å². The summed E-state index contributed by atoms with van der Waals surface area (Å²) in [6, 6.07) is 25.2. The van der Waals surface area contributed by atoms with Gasteiger partial charge >= 0.3 is 0 Å². The quantitative estimate of drug-likeness (QED) is 0.568. The molecule has 0 fully saturated rings. The second kappa shape index (κ2) is 6.84. The fraction of sp³-hybridized carbons (Fsp3) is 0.200. The summed E-state index contributed by atoms with van der Waals surface area (Å²) < 4.78 is 0. The van der Waals surface area contributed by atoms with Crippen LogP contribution in [-0.4, -0.2) is 5.11 Å². The summed E-state index contributed by atoms with van der Waals surface area (Å²) in [5.74, 6) is 1.11. The Labute approximate surface area is 155 Å². The highest BCUT2D eigenvalue weighted by Gasteiger charge is 2.24. The first-order chi connectivity index (χ1) is 12.7. The summed E-state index contributed by atoms with van der Waals surface area (Å²) in [6.07, 6.45) is 3.47.